The first-order valence-corrected chi connectivity index (χ1v) is 6.76. The van der Waals surface area contributed by atoms with Gasteiger partial charge >= 0.3 is 0 Å². The van der Waals surface area contributed by atoms with Crippen LogP contribution in [0, 0.1) is 17.0 Å². The molecule has 21 heavy (non-hydrogen) atoms. The summed E-state index contributed by atoms with van der Waals surface area (Å²) in [5, 5.41) is 23.5. The molecule has 0 fully saturated rings. The lowest BCUT2D eigenvalue weighted by Gasteiger charge is -2.18. The lowest BCUT2D eigenvalue weighted by atomic mass is 10.1. The van der Waals surface area contributed by atoms with Gasteiger partial charge in [-0.2, -0.15) is 0 Å². The maximum Gasteiger partial charge on any atom is 0.271 e. The van der Waals surface area contributed by atoms with Gasteiger partial charge in [-0.05, 0) is 30.5 Å². The van der Waals surface area contributed by atoms with Crippen LogP contribution in [-0.4, -0.2) is 22.7 Å². The number of aliphatic hydroxyl groups is 1. The molecular formula is C16H18N2O3. The summed E-state index contributed by atoms with van der Waals surface area (Å²) in [5.41, 5.74) is 2.61. The first-order chi connectivity index (χ1) is 10.1. The quantitative estimate of drug-likeness (QED) is 0.632. The Balaban J connectivity index is 2.13. The second-order valence-electron chi connectivity index (χ2n) is 5.03. The fourth-order valence-corrected chi connectivity index (χ4v) is 2.25. The van der Waals surface area contributed by atoms with Crippen molar-refractivity contribution in [1.29, 1.82) is 0 Å². The van der Waals surface area contributed by atoms with Gasteiger partial charge in [0.25, 0.3) is 5.69 Å². The second kappa shape index (κ2) is 6.85. The lowest BCUT2D eigenvalue weighted by Crippen LogP contribution is -2.26. The highest BCUT2D eigenvalue weighted by molar-refractivity contribution is 5.54. The van der Waals surface area contributed by atoms with E-state index in [0.29, 0.717) is 12.1 Å². The summed E-state index contributed by atoms with van der Waals surface area (Å²) in [6.07, 6.45) is 0.652. The third kappa shape index (κ3) is 4.29. The number of aliphatic hydroxyl groups excluding tert-OH is 1. The highest BCUT2D eigenvalue weighted by Gasteiger charge is 2.12. The van der Waals surface area contributed by atoms with Crippen molar-refractivity contribution in [2.24, 2.45) is 0 Å². The molecule has 0 aromatic heterocycles. The van der Waals surface area contributed by atoms with E-state index in [1.807, 2.05) is 43.3 Å². The largest absolute Gasteiger partial charge is 0.394 e. The van der Waals surface area contributed by atoms with Gasteiger partial charge in [-0.25, -0.2) is 0 Å². The predicted molar refractivity (Wildman–Crippen MR) is 82.5 cm³/mol. The van der Waals surface area contributed by atoms with Gasteiger partial charge in [-0.15, -0.1) is 0 Å². The molecule has 2 aromatic carbocycles. The fourth-order valence-electron chi connectivity index (χ4n) is 2.25. The lowest BCUT2D eigenvalue weighted by molar-refractivity contribution is -0.384. The van der Waals surface area contributed by atoms with Crippen molar-refractivity contribution in [2.45, 2.75) is 19.4 Å². The minimum Gasteiger partial charge on any atom is -0.394 e. The molecule has 0 heterocycles. The average molecular weight is 286 g/mol. The van der Waals surface area contributed by atoms with E-state index in [0.717, 1.165) is 11.1 Å². The summed E-state index contributed by atoms with van der Waals surface area (Å²) in [6, 6.07) is 14.5. The van der Waals surface area contributed by atoms with Crippen molar-refractivity contribution in [3.63, 3.8) is 0 Å². The van der Waals surface area contributed by atoms with E-state index in [4.69, 9.17) is 0 Å². The average Bonchev–Trinajstić information content (AvgIpc) is 2.47. The molecule has 5 heteroatoms. The molecule has 0 saturated carbocycles. The van der Waals surface area contributed by atoms with E-state index < -0.39 is 4.92 Å². The zero-order chi connectivity index (χ0) is 15.2. The van der Waals surface area contributed by atoms with Gasteiger partial charge in [0, 0.05) is 17.8 Å². The number of nitro groups is 1. The molecule has 1 atom stereocenters. The van der Waals surface area contributed by atoms with Crippen LogP contribution < -0.4 is 5.32 Å². The smallest absolute Gasteiger partial charge is 0.271 e. The first-order valence-electron chi connectivity index (χ1n) is 6.76. The number of nitrogens with zero attached hydrogens (tertiary/aromatic N) is 1. The first kappa shape index (κ1) is 15.0. The highest BCUT2D eigenvalue weighted by Crippen LogP contribution is 2.21. The molecule has 0 saturated heterocycles. The topological polar surface area (TPSA) is 75.4 Å². The molecule has 2 rings (SSSR count). The minimum absolute atomic E-state index is 0.0450. The van der Waals surface area contributed by atoms with Crippen LogP contribution in [0.1, 0.15) is 11.1 Å². The molecule has 1 unspecified atom stereocenters. The molecule has 0 radical (unpaired) electrons. The maximum absolute atomic E-state index is 10.9. The van der Waals surface area contributed by atoms with E-state index in [9.17, 15) is 15.2 Å². The van der Waals surface area contributed by atoms with Gasteiger partial charge in [-0.3, -0.25) is 10.1 Å². The Morgan fingerprint density at radius 1 is 1.24 bits per heavy atom. The van der Waals surface area contributed by atoms with E-state index in [2.05, 4.69) is 5.32 Å². The Labute approximate surface area is 123 Å². The van der Waals surface area contributed by atoms with Crippen LogP contribution in [0.3, 0.4) is 0 Å². The van der Waals surface area contributed by atoms with E-state index in [1.165, 1.54) is 12.1 Å². The van der Waals surface area contributed by atoms with Crippen molar-refractivity contribution in [3.8, 4) is 0 Å². The van der Waals surface area contributed by atoms with Crippen LogP contribution in [0.25, 0.3) is 0 Å². The number of nitro benzene ring substituents is 1. The molecule has 0 aliphatic rings. The van der Waals surface area contributed by atoms with Crippen LogP contribution in [0.2, 0.25) is 0 Å². The minimum atomic E-state index is -0.413. The number of benzene rings is 2. The van der Waals surface area contributed by atoms with Crippen LogP contribution in [0.15, 0.2) is 48.5 Å². The third-order valence-electron chi connectivity index (χ3n) is 3.19. The van der Waals surface area contributed by atoms with Gasteiger partial charge < -0.3 is 10.4 Å². The number of non-ortho nitro benzene ring substituents is 1. The predicted octanol–water partition coefficient (Wildman–Crippen LogP) is 2.92. The van der Waals surface area contributed by atoms with Crippen LogP contribution >= 0.6 is 0 Å². The summed E-state index contributed by atoms with van der Waals surface area (Å²) < 4.78 is 0. The van der Waals surface area contributed by atoms with Crippen LogP contribution in [-0.2, 0) is 6.42 Å². The third-order valence-corrected chi connectivity index (χ3v) is 3.19. The summed E-state index contributed by atoms with van der Waals surface area (Å²) in [7, 11) is 0. The molecule has 5 nitrogen and oxygen atoms in total. The number of hydrogen-bond acceptors (Lipinski definition) is 4. The molecule has 0 amide bonds. The summed E-state index contributed by atoms with van der Waals surface area (Å²) >= 11 is 0. The maximum atomic E-state index is 10.9. The molecular weight excluding hydrogens is 268 g/mol. The van der Waals surface area contributed by atoms with Crippen LogP contribution in [0.5, 0.6) is 0 Å². The number of anilines is 1. The van der Waals surface area contributed by atoms with E-state index in [1.54, 1.807) is 0 Å². The van der Waals surface area contributed by atoms with Gasteiger partial charge in [0.15, 0.2) is 0 Å². The number of nitrogens with one attached hydrogen (secondary N) is 1. The van der Waals surface area contributed by atoms with E-state index in [-0.39, 0.29) is 18.3 Å². The zero-order valence-corrected chi connectivity index (χ0v) is 11.8. The molecule has 0 aliphatic carbocycles. The van der Waals surface area contributed by atoms with Crippen molar-refractivity contribution < 1.29 is 10.0 Å². The summed E-state index contributed by atoms with van der Waals surface area (Å²) in [6.45, 7) is 1.76. The van der Waals surface area contributed by atoms with Gasteiger partial charge in [0.1, 0.15) is 0 Å². The second-order valence-corrected chi connectivity index (χ2v) is 5.03. The Morgan fingerprint density at radius 2 is 1.95 bits per heavy atom. The summed E-state index contributed by atoms with van der Waals surface area (Å²) in [4.78, 5) is 10.5. The number of aryl methyl sites for hydroxylation is 1. The monoisotopic (exact) mass is 286 g/mol. The highest BCUT2D eigenvalue weighted by atomic mass is 16.6. The number of rotatable bonds is 6. The summed E-state index contributed by atoms with van der Waals surface area (Å²) in [5.74, 6) is 0. The van der Waals surface area contributed by atoms with Gasteiger partial charge in [0.05, 0.1) is 17.6 Å². The normalized spacial score (nSPS) is 11.9. The van der Waals surface area contributed by atoms with Crippen molar-refractivity contribution in [1.82, 2.24) is 0 Å². The molecule has 110 valence electrons. The Bertz CT molecular complexity index is 614. The Kier molecular flexibility index (Phi) is 4.90. The van der Waals surface area contributed by atoms with Crippen LogP contribution in [0.4, 0.5) is 11.4 Å². The molecule has 2 aromatic rings. The SMILES string of the molecule is Cc1cc(NC(CO)Cc2ccccc2)cc([N+](=O)[O-])c1. The van der Waals surface area contributed by atoms with Crippen molar-refractivity contribution >= 4 is 11.4 Å². The molecule has 2 N–H and O–H groups in total. The number of hydrogen-bond donors (Lipinski definition) is 2. The molecule has 0 bridgehead atoms. The zero-order valence-electron chi connectivity index (χ0n) is 11.8. The Hall–Kier alpha value is -2.40. The van der Waals surface area contributed by atoms with Gasteiger partial charge in [0.2, 0.25) is 0 Å². The van der Waals surface area contributed by atoms with Gasteiger partial charge in [-0.1, -0.05) is 30.3 Å². The fraction of sp³-hybridized carbons (Fsp3) is 0.250. The van der Waals surface area contributed by atoms with Crippen molar-refractivity contribution in [2.75, 3.05) is 11.9 Å². The molecule has 0 aliphatic heterocycles. The standard InChI is InChI=1S/C16H18N2O3/c1-12-7-14(10-16(8-12)18(20)21)17-15(11-19)9-13-5-3-2-4-6-13/h2-8,10,15,17,19H,9,11H2,1H3. The Morgan fingerprint density at radius 3 is 2.57 bits per heavy atom. The van der Waals surface area contributed by atoms with E-state index >= 15 is 0 Å². The molecule has 0 spiro atoms. The van der Waals surface area contributed by atoms with Crippen molar-refractivity contribution in [3.05, 3.63) is 69.8 Å².